The predicted molar refractivity (Wildman–Crippen MR) is 39.2 cm³/mol. The summed E-state index contributed by atoms with van der Waals surface area (Å²) in [4.78, 5) is 10.6. The zero-order valence-corrected chi connectivity index (χ0v) is 5.79. The zero-order valence-electron chi connectivity index (χ0n) is 5.79. The SMILES string of the molecule is CC(C)[B]C(=O)/C=C/N. The molecule has 0 heterocycles. The van der Waals surface area contributed by atoms with Crippen LogP contribution in [-0.4, -0.2) is 13.0 Å². The van der Waals surface area contributed by atoms with E-state index in [0.717, 1.165) is 0 Å². The molecule has 0 saturated heterocycles. The Bertz CT molecular complexity index is 120. The minimum absolute atomic E-state index is 0.0208. The van der Waals surface area contributed by atoms with Gasteiger partial charge in [0.15, 0.2) is 0 Å². The largest absolute Gasteiger partial charge is 0.405 e. The molecule has 2 N–H and O–H groups in total. The molecule has 9 heavy (non-hydrogen) atoms. The highest BCUT2D eigenvalue weighted by Crippen LogP contribution is 1.96. The van der Waals surface area contributed by atoms with Gasteiger partial charge in [-0.25, -0.2) is 0 Å². The number of carbonyl (C=O) groups excluding carboxylic acids is 1. The van der Waals surface area contributed by atoms with Crippen molar-refractivity contribution in [2.75, 3.05) is 0 Å². The number of hydrogen-bond donors (Lipinski definition) is 1. The van der Waals surface area contributed by atoms with Crippen LogP contribution in [0.1, 0.15) is 13.8 Å². The Morgan fingerprint density at radius 2 is 2.22 bits per heavy atom. The lowest BCUT2D eigenvalue weighted by atomic mass is 9.63. The van der Waals surface area contributed by atoms with Gasteiger partial charge in [-0.2, -0.15) is 0 Å². The molecule has 0 unspecified atom stereocenters. The van der Waals surface area contributed by atoms with Crippen molar-refractivity contribution >= 4 is 13.0 Å². The quantitative estimate of drug-likeness (QED) is 0.440. The molecule has 0 rings (SSSR count). The average Bonchev–Trinajstić information content (AvgIpc) is 1.63. The highest BCUT2D eigenvalue weighted by molar-refractivity contribution is 6.77. The molecule has 0 saturated carbocycles. The molecule has 0 spiro atoms. The van der Waals surface area contributed by atoms with Crippen molar-refractivity contribution < 1.29 is 4.79 Å². The van der Waals surface area contributed by atoms with E-state index >= 15 is 0 Å². The van der Waals surface area contributed by atoms with Crippen molar-refractivity contribution in [2.45, 2.75) is 19.7 Å². The lowest BCUT2D eigenvalue weighted by Gasteiger charge is -1.94. The normalized spacial score (nSPS) is 10.6. The van der Waals surface area contributed by atoms with E-state index in [2.05, 4.69) is 0 Å². The molecule has 0 aliphatic carbocycles. The maximum atomic E-state index is 10.6. The van der Waals surface area contributed by atoms with Crippen LogP contribution in [0.5, 0.6) is 0 Å². The maximum absolute atomic E-state index is 10.6. The van der Waals surface area contributed by atoms with Gasteiger partial charge < -0.3 is 10.5 Å². The van der Waals surface area contributed by atoms with E-state index in [1.807, 2.05) is 13.8 Å². The van der Waals surface area contributed by atoms with Gasteiger partial charge >= 0.3 is 0 Å². The highest BCUT2D eigenvalue weighted by atomic mass is 16.1. The van der Waals surface area contributed by atoms with Gasteiger partial charge in [0.2, 0.25) is 7.28 Å². The molecule has 0 fully saturated rings. The fourth-order valence-electron chi connectivity index (χ4n) is 0.479. The second kappa shape index (κ2) is 4.18. The van der Waals surface area contributed by atoms with Crippen LogP contribution in [0.15, 0.2) is 12.3 Å². The summed E-state index contributed by atoms with van der Waals surface area (Å²) in [6, 6.07) is 0. The second-order valence-corrected chi connectivity index (χ2v) is 2.17. The minimum atomic E-state index is -0.0208. The molecular weight excluding hydrogens is 113 g/mol. The summed E-state index contributed by atoms with van der Waals surface area (Å²) in [6.45, 7) is 3.89. The summed E-state index contributed by atoms with van der Waals surface area (Å²) < 4.78 is 0. The number of allylic oxidation sites excluding steroid dienone is 1. The van der Waals surface area contributed by atoms with Crippen LogP contribution in [0.3, 0.4) is 0 Å². The number of hydrogen-bond acceptors (Lipinski definition) is 2. The maximum Gasteiger partial charge on any atom is 0.211 e. The molecule has 0 atom stereocenters. The van der Waals surface area contributed by atoms with Crippen LogP contribution in [0.25, 0.3) is 0 Å². The van der Waals surface area contributed by atoms with E-state index in [0.29, 0.717) is 5.82 Å². The number of carbonyl (C=O) groups is 1. The van der Waals surface area contributed by atoms with Crippen molar-refractivity contribution in [3.8, 4) is 0 Å². The average molecular weight is 124 g/mol. The summed E-state index contributed by atoms with van der Waals surface area (Å²) >= 11 is 0. The van der Waals surface area contributed by atoms with Gasteiger partial charge in [0.1, 0.15) is 5.68 Å². The third kappa shape index (κ3) is 5.14. The monoisotopic (exact) mass is 124 g/mol. The summed E-state index contributed by atoms with van der Waals surface area (Å²) in [5.74, 6) is 0.300. The number of rotatable bonds is 3. The van der Waals surface area contributed by atoms with Gasteiger partial charge in [-0.05, 0) is 12.3 Å². The van der Waals surface area contributed by atoms with Crippen LogP contribution < -0.4 is 5.73 Å². The molecule has 0 aromatic carbocycles. The first-order valence-corrected chi connectivity index (χ1v) is 2.94. The molecule has 1 radical (unpaired) electrons. The first-order chi connectivity index (χ1) is 4.16. The lowest BCUT2D eigenvalue weighted by Crippen LogP contribution is -2.08. The molecule has 0 amide bonds. The molecule has 0 aliphatic heterocycles. The smallest absolute Gasteiger partial charge is 0.211 e. The van der Waals surface area contributed by atoms with Crippen LogP contribution >= 0.6 is 0 Å². The Hall–Kier alpha value is -0.725. The summed E-state index contributed by atoms with van der Waals surface area (Å²) in [6.07, 6.45) is 2.60. The third-order valence-corrected chi connectivity index (χ3v) is 0.758. The molecule has 0 aromatic rings. The minimum Gasteiger partial charge on any atom is -0.405 e. The van der Waals surface area contributed by atoms with Crippen LogP contribution in [0, 0.1) is 0 Å². The van der Waals surface area contributed by atoms with E-state index in [9.17, 15) is 4.79 Å². The van der Waals surface area contributed by atoms with Crippen molar-refractivity contribution in [3.05, 3.63) is 12.3 Å². The van der Waals surface area contributed by atoms with E-state index in [4.69, 9.17) is 5.73 Å². The molecule has 49 valence electrons. The zero-order chi connectivity index (χ0) is 7.28. The molecular formula is C6H11BNO. The Balaban J connectivity index is 3.51. The van der Waals surface area contributed by atoms with Gasteiger partial charge in [-0.15, -0.1) is 0 Å². The molecule has 0 aliphatic rings. The van der Waals surface area contributed by atoms with Crippen LogP contribution in [0.2, 0.25) is 5.82 Å². The summed E-state index contributed by atoms with van der Waals surface area (Å²) in [5, 5.41) is 0. The van der Waals surface area contributed by atoms with Gasteiger partial charge in [0, 0.05) is 0 Å². The van der Waals surface area contributed by atoms with E-state index < -0.39 is 0 Å². The molecule has 3 heteroatoms. The lowest BCUT2D eigenvalue weighted by molar-refractivity contribution is -0.108. The standard InChI is InChI=1S/C6H11BNO/c1-5(2)7-6(9)3-4-8/h3-5H,8H2,1-2H3/b4-3+. The van der Waals surface area contributed by atoms with Crippen molar-refractivity contribution in [1.82, 2.24) is 0 Å². The Kier molecular flexibility index (Phi) is 3.85. The van der Waals surface area contributed by atoms with E-state index in [1.165, 1.54) is 12.3 Å². The first-order valence-electron chi connectivity index (χ1n) is 2.94. The molecule has 0 aromatic heterocycles. The van der Waals surface area contributed by atoms with Crippen molar-refractivity contribution in [1.29, 1.82) is 0 Å². The summed E-state index contributed by atoms with van der Waals surface area (Å²) in [5.41, 5.74) is 4.96. The third-order valence-electron chi connectivity index (χ3n) is 0.758. The van der Waals surface area contributed by atoms with Gasteiger partial charge in [-0.3, -0.25) is 0 Å². The van der Waals surface area contributed by atoms with Gasteiger partial charge in [0.05, 0.1) is 0 Å². The fraction of sp³-hybridized carbons (Fsp3) is 0.500. The number of nitrogens with two attached hydrogens (primary N) is 1. The van der Waals surface area contributed by atoms with Crippen LogP contribution in [-0.2, 0) is 4.79 Å². The van der Waals surface area contributed by atoms with Crippen molar-refractivity contribution in [2.24, 2.45) is 5.73 Å². The topological polar surface area (TPSA) is 43.1 Å². The Morgan fingerprint density at radius 3 is 2.56 bits per heavy atom. The van der Waals surface area contributed by atoms with Gasteiger partial charge in [0.25, 0.3) is 0 Å². The Morgan fingerprint density at radius 1 is 1.67 bits per heavy atom. The van der Waals surface area contributed by atoms with Gasteiger partial charge in [-0.1, -0.05) is 19.7 Å². The van der Waals surface area contributed by atoms with Crippen LogP contribution in [0.4, 0.5) is 0 Å². The predicted octanol–water partition coefficient (Wildman–Crippen LogP) is 0.518. The van der Waals surface area contributed by atoms with E-state index in [-0.39, 0.29) is 5.68 Å². The second-order valence-electron chi connectivity index (χ2n) is 2.17. The summed E-state index contributed by atoms with van der Waals surface area (Å²) in [7, 11) is 1.61. The van der Waals surface area contributed by atoms with E-state index in [1.54, 1.807) is 7.28 Å². The van der Waals surface area contributed by atoms with Crippen molar-refractivity contribution in [3.63, 3.8) is 0 Å². The fourth-order valence-corrected chi connectivity index (χ4v) is 0.479. The Labute approximate surface area is 56.4 Å². The molecule has 2 nitrogen and oxygen atoms in total. The first kappa shape index (κ1) is 8.27. The molecule has 0 bridgehead atoms. The highest BCUT2D eigenvalue weighted by Gasteiger charge is 2.02.